The van der Waals surface area contributed by atoms with Crippen LogP contribution in [0.2, 0.25) is 0 Å². The van der Waals surface area contributed by atoms with Crippen molar-refractivity contribution in [1.29, 1.82) is 0 Å². The van der Waals surface area contributed by atoms with Crippen molar-refractivity contribution in [2.45, 2.75) is 26.3 Å². The molecule has 0 radical (unpaired) electrons. The first-order chi connectivity index (χ1) is 9.23. The highest BCUT2D eigenvalue weighted by atomic mass is 16.2. The molecule has 2 heterocycles. The molecule has 2 rings (SSSR count). The SMILES string of the molecule is CC(=O)c1c[nH]c(C(=O)N2CC(=O)NC(=O)C2(C)C)c1. The highest BCUT2D eigenvalue weighted by Gasteiger charge is 2.44. The molecule has 7 heteroatoms. The van der Waals surface area contributed by atoms with E-state index >= 15 is 0 Å². The van der Waals surface area contributed by atoms with Crippen molar-refractivity contribution in [2.75, 3.05) is 6.54 Å². The lowest BCUT2D eigenvalue weighted by atomic mass is 9.98. The van der Waals surface area contributed by atoms with Gasteiger partial charge < -0.3 is 9.88 Å². The zero-order valence-electron chi connectivity index (χ0n) is 11.4. The van der Waals surface area contributed by atoms with Crippen molar-refractivity contribution in [2.24, 2.45) is 0 Å². The minimum atomic E-state index is -1.13. The molecular formula is C13H15N3O4. The van der Waals surface area contributed by atoms with Crippen LogP contribution in [-0.4, -0.2) is 45.5 Å². The number of H-pyrrole nitrogens is 1. The number of piperazine rings is 1. The van der Waals surface area contributed by atoms with Crippen LogP contribution < -0.4 is 5.32 Å². The van der Waals surface area contributed by atoms with E-state index in [-0.39, 0.29) is 18.0 Å². The van der Waals surface area contributed by atoms with Gasteiger partial charge in [-0.15, -0.1) is 0 Å². The van der Waals surface area contributed by atoms with Gasteiger partial charge in [0, 0.05) is 11.8 Å². The average Bonchev–Trinajstić information content (AvgIpc) is 2.83. The number of aromatic amines is 1. The Hall–Kier alpha value is -2.44. The molecule has 20 heavy (non-hydrogen) atoms. The molecule has 106 valence electrons. The van der Waals surface area contributed by atoms with Gasteiger partial charge >= 0.3 is 0 Å². The summed E-state index contributed by atoms with van der Waals surface area (Å²) in [7, 11) is 0. The third-order valence-corrected chi connectivity index (χ3v) is 3.35. The molecule has 0 aromatic carbocycles. The van der Waals surface area contributed by atoms with Crippen molar-refractivity contribution in [3.63, 3.8) is 0 Å². The van der Waals surface area contributed by atoms with Crippen LogP contribution in [0.15, 0.2) is 12.3 Å². The van der Waals surface area contributed by atoms with Crippen LogP contribution in [0.4, 0.5) is 0 Å². The maximum atomic E-state index is 12.4. The molecule has 3 amide bonds. The van der Waals surface area contributed by atoms with Gasteiger partial charge in [0.25, 0.3) is 11.8 Å². The molecule has 1 aromatic heterocycles. The molecular weight excluding hydrogens is 262 g/mol. The van der Waals surface area contributed by atoms with Gasteiger partial charge in [0.2, 0.25) is 5.91 Å². The van der Waals surface area contributed by atoms with Crippen molar-refractivity contribution >= 4 is 23.5 Å². The van der Waals surface area contributed by atoms with Crippen LogP contribution in [-0.2, 0) is 9.59 Å². The van der Waals surface area contributed by atoms with E-state index in [1.807, 2.05) is 0 Å². The zero-order chi connectivity index (χ0) is 15.1. The summed E-state index contributed by atoms with van der Waals surface area (Å²) in [4.78, 5) is 50.7. The van der Waals surface area contributed by atoms with Gasteiger partial charge in [-0.3, -0.25) is 24.5 Å². The summed E-state index contributed by atoms with van der Waals surface area (Å²) >= 11 is 0. The van der Waals surface area contributed by atoms with Gasteiger partial charge in [0.05, 0.1) is 0 Å². The van der Waals surface area contributed by atoms with E-state index in [1.165, 1.54) is 24.1 Å². The Morgan fingerprint density at radius 1 is 1.30 bits per heavy atom. The number of hydrogen-bond donors (Lipinski definition) is 2. The van der Waals surface area contributed by atoms with Gasteiger partial charge in [0.1, 0.15) is 17.8 Å². The number of nitrogens with zero attached hydrogens (tertiary/aromatic N) is 1. The zero-order valence-corrected chi connectivity index (χ0v) is 11.4. The second-order valence-corrected chi connectivity index (χ2v) is 5.19. The van der Waals surface area contributed by atoms with Crippen LogP contribution >= 0.6 is 0 Å². The number of nitrogens with one attached hydrogen (secondary N) is 2. The predicted molar refractivity (Wildman–Crippen MR) is 69.1 cm³/mol. The Morgan fingerprint density at radius 2 is 1.95 bits per heavy atom. The van der Waals surface area contributed by atoms with Crippen molar-refractivity contribution in [3.8, 4) is 0 Å². The minimum Gasteiger partial charge on any atom is -0.356 e. The van der Waals surface area contributed by atoms with Crippen LogP contribution in [0.1, 0.15) is 41.6 Å². The standard InChI is InChI=1S/C13H15N3O4/c1-7(17)8-4-9(14-5-8)11(19)16-6-10(18)15-12(20)13(16,2)3/h4-5,14H,6H2,1-3H3,(H,15,18,20). The summed E-state index contributed by atoms with van der Waals surface area (Å²) in [5.41, 5.74) is -0.586. The number of carbonyl (C=O) groups is 4. The fourth-order valence-electron chi connectivity index (χ4n) is 1.98. The summed E-state index contributed by atoms with van der Waals surface area (Å²) < 4.78 is 0. The van der Waals surface area contributed by atoms with Gasteiger partial charge in [-0.05, 0) is 26.8 Å². The Bertz CT molecular complexity index is 615. The second kappa shape index (κ2) is 4.59. The largest absolute Gasteiger partial charge is 0.356 e. The molecule has 1 aliphatic heterocycles. The maximum Gasteiger partial charge on any atom is 0.271 e. The monoisotopic (exact) mass is 277 g/mol. The predicted octanol–water partition coefficient (Wildman–Crippen LogP) is 0.0945. The smallest absolute Gasteiger partial charge is 0.271 e. The molecule has 1 aliphatic rings. The number of rotatable bonds is 2. The molecule has 0 bridgehead atoms. The Morgan fingerprint density at radius 3 is 2.50 bits per heavy atom. The quantitative estimate of drug-likeness (QED) is 0.591. The molecule has 0 aliphatic carbocycles. The molecule has 1 aromatic rings. The number of aromatic nitrogens is 1. The number of ketones is 1. The van der Waals surface area contributed by atoms with Crippen LogP contribution in [0.3, 0.4) is 0 Å². The first kappa shape index (κ1) is 14.0. The Labute approximate surface area is 115 Å². The fraction of sp³-hybridized carbons (Fsp3) is 0.385. The van der Waals surface area contributed by atoms with Crippen molar-refractivity contribution in [1.82, 2.24) is 15.2 Å². The van der Waals surface area contributed by atoms with Gasteiger partial charge in [-0.2, -0.15) is 0 Å². The van der Waals surface area contributed by atoms with E-state index < -0.39 is 23.3 Å². The van der Waals surface area contributed by atoms with Gasteiger partial charge in [-0.1, -0.05) is 0 Å². The molecule has 1 fully saturated rings. The third-order valence-electron chi connectivity index (χ3n) is 3.35. The molecule has 0 spiro atoms. The molecule has 0 unspecified atom stereocenters. The lowest BCUT2D eigenvalue weighted by Gasteiger charge is -2.39. The number of carbonyl (C=O) groups excluding carboxylic acids is 4. The summed E-state index contributed by atoms with van der Waals surface area (Å²) in [6.45, 7) is 4.30. The third kappa shape index (κ3) is 2.22. The van der Waals surface area contributed by atoms with E-state index in [1.54, 1.807) is 13.8 Å². The van der Waals surface area contributed by atoms with E-state index in [4.69, 9.17) is 0 Å². The van der Waals surface area contributed by atoms with Crippen LogP contribution in [0, 0.1) is 0 Å². The van der Waals surface area contributed by atoms with Crippen molar-refractivity contribution in [3.05, 3.63) is 23.5 Å². The molecule has 1 saturated heterocycles. The Kier molecular flexibility index (Phi) is 3.21. The topological polar surface area (TPSA) is 99.3 Å². The Balaban J connectivity index is 2.32. The summed E-state index contributed by atoms with van der Waals surface area (Å²) in [5, 5.41) is 2.19. The fourth-order valence-corrected chi connectivity index (χ4v) is 1.98. The van der Waals surface area contributed by atoms with Gasteiger partial charge in [0.15, 0.2) is 5.78 Å². The maximum absolute atomic E-state index is 12.4. The van der Waals surface area contributed by atoms with E-state index in [0.717, 1.165) is 0 Å². The molecule has 2 N–H and O–H groups in total. The van der Waals surface area contributed by atoms with E-state index in [0.29, 0.717) is 5.56 Å². The number of amides is 3. The summed E-state index contributed by atoms with van der Waals surface area (Å²) in [5.74, 6) is -1.72. The first-order valence-electron chi connectivity index (χ1n) is 6.09. The number of hydrogen-bond acceptors (Lipinski definition) is 4. The average molecular weight is 277 g/mol. The highest BCUT2D eigenvalue weighted by Crippen LogP contribution is 2.21. The van der Waals surface area contributed by atoms with Crippen molar-refractivity contribution < 1.29 is 19.2 Å². The molecule has 0 saturated carbocycles. The normalized spacial score (nSPS) is 17.9. The number of imide groups is 1. The molecule has 7 nitrogen and oxygen atoms in total. The van der Waals surface area contributed by atoms with Gasteiger partial charge in [-0.25, -0.2) is 0 Å². The lowest BCUT2D eigenvalue weighted by molar-refractivity contribution is -0.143. The lowest BCUT2D eigenvalue weighted by Crippen LogP contribution is -2.65. The number of Topliss-reactive ketones (excluding diaryl/α,β-unsaturated/α-hetero) is 1. The summed E-state index contributed by atoms with van der Waals surface area (Å²) in [6, 6.07) is 1.41. The molecule has 0 atom stereocenters. The highest BCUT2D eigenvalue weighted by molar-refractivity contribution is 6.09. The van der Waals surface area contributed by atoms with E-state index in [2.05, 4.69) is 10.3 Å². The van der Waals surface area contributed by atoms with Crippen LogP contribution in [0.25, 0.3) is 0 Å². The van der Waals surface area contributed by atoms with Crippen LogP contribution in [0.5, 0.6) is 0 Å². The second-order valence-electron chi connectivity index (χ2n) is 5.19. The summed E-state index contributed by atoms with van der Waals surface area (Å²) in [6.07, 6.45) is 1.43. The first-order valence-corrected chi connectivity index (χ1v) is 6.09. The van der Waals surface area contributed by atoms with E-state index in [9.17, 15) is 19.2 Å². The minimum absolute atomic E-state index is 0.172.